The highest BCUT2D eigenvalue weighted by molar-refractivity contribution is 7.89. The molecule has 0 aliphatic heterocycles. The molecule has 0 amide bonds. The molecule has 1 N–H and O–H groups in total. The van der Waals surface area contributed by atoms with Crippen LogP contribution in [0.1, 0.15) is 29.7 Å². The standard InChI is InChI=1S/C12H17NO7S/c1-4-8-10(7-9(20-8)12(16)19-3)21(17,18)13(2)6-5-11(14)15/h7H,4-6H2,1-3H3,(H,14,15). The van der Waals surface area contributed by atoms with Crippen LogP contribution in [0.2, 0.25) is 0 Å². The summed E-state index contributed by atoms with van der Waals surface area (Å²) in [5.41, 5.74) is 0. The molecule has 0 spiro atoms. The second-order valence-corrected chi connectivity index (χ2v) is 6.23. The Morgan fingerprint density at radius 3 is 2.52 bits per heavy atom. The summed E-state index contributed by atoms with van der Waals surface area (Å²) < 4.78 is 35.3. The number of nitrogens with zero attached hydrogens (tertiary/aromatic N) is 1. The smallest absolute Gasteiger partial charge is 0.373 e. The number of carboxylic acids is 1. The first-order valence-electron chi connectivity index (χ1n) is 6.13. The first-order valence-corrected chi connectivity index (χ1v) is 7.57. The molecule has 1 heterocycles. The maximum Gasteiger partial charge on any atom is 0.373 e. The Balaban J connectivity index is 3.15. The molecule has 0 aliphatic carbocycles. The molecule has 0 bridgehead atoms. The van der Waals surface area contributed by atoms with E-state index in [1.165, 1.54) is 7.05 Å². The van der Waals surface area contributed by atoms with Gasteiger partial charge >= 0.3 is 11.9 Å². The Bertz CT molecular complexity index is 632. The van der Waals surface area contributed by atoms with Gasteiger partial charge in [0.25, 0.3) is 0 Å². The Kier molecular flexibility index (Phi) is 5.50. The van der Waals surface area contributed by atoms with E-state index >= 15 is 0 Å². The number of aliphatic carboxylic acids is 1. The molecule has 0 saturated heterocycles. The minimum atomic E-state index is -3.93. The van der Waals surface area contributed by atoms with Gasteiger partial charge in [-0.3, -0.25) is 4.79 Å². The van der Waals surface area contributed by atoms with Gasteiger partial charge in [0, 0.05) is 26.1 Å². The number of hydrogen-bond acceptors (Lipinski definition) is 6. The third-order valence-corrected chi connectivity index (χ3v) is 4.71. The summed E-state index contributed by atoms with van der Waals surface area (Å²) in [5, 5.41) is 8.61. The predicted molar refractivity (Wildman–Crippen MR) is 71.5 cm³/mol. The summed E-state index contributed by atoms with van der Waals surface area (Å²) in [6.07, 6.45) is -0.0583. The number of methoxy groups -OCH3 is 1. The normalized spacial score (nSPS) is 11.6. The molecule has 0 aliphatic rings. The zero-order valence-electron chi connectivity index (χ0n) is 12.0. The van der Waals surface area contributed by atoms with Gasteiger partial charge in [0.15, 0.2) is 0 Å². The van der Waals surface area contributed by atoms with E-state index in [1.807, 2.05) is 0 Å². The molecular weight excluding hydrogens is 302 g/mol. The van der Waals surface area contributed by atoms with Gasteiger partial charge in [0.1, 0.15) is 10.7 Å². The summed E-state index contributed by atoms with van der Waals surface area (Å²) in [7, 11) is -1.51. The van der Waals surface area contributed by atoms with Gasteiger partial charge in [-0.1, -0.05) is 6.92 Å². The van der Waals surface area contributed by atoms with Gasteiger partial charge in [-0.25, -0.2) is 17.5 Å². The number of ether oxygens (including phenoxy) is 1. The zero-order valence-corrected chi connectivity index (χ0v) is 12.8. The highest BCUT2D eigenvalue weighted by atomic mass is 32.2. The molecule has 1 rings (SSSR count). The third kappa shape index (κ3) is 3.82. The molecule has 0 unspecified atom stereocenters. The van der Waals surface area contributed by atoms with Crippen LogP contribution >= 0.6 is 0 Å². The van der Waals surface area contributed by atoms with E-state index in [2.05, 4.69) is 4.74 Å². The lowest BCUT2D eigenvalue weighted by molar-refractivity contribution is -0.137. The molecule has 0 fully saturated rings. The van der Waals surface area contributed by atoms with E-state index in [9.17, 15) is 18.0 Å². The third-order valence-electron chi connectivity index (χ3n) is 2.81. The highest BCUT2D eigenvalue weighted by Gasteiger charge is 2.29. The van der Waals surface area contributed by atoms with Crippen molar-refractivity contribution in [1.29, 1.82) is 0 Å². The van der Waals surface area contributed by atoms with Crippen LogP contribution in [0.15, 0.2) is 15.4 Å². The van der Waals surface area contributed by atoms with Crippen LogP contribution in [-0.4, -0.2) is 50.5 Å². The van der Waals surface area contributed by atoms with Crippen molar-refractivity contribution in [2.24, 2.45) is 0 Å². The van der Waals surface area contributed by atoms with Crippen molar-refractivity contribution in [3.8, 4) is 0 Å². The Hall–Kier alpha value is -1.87. The van der Waals surface area contributed by atoms with Crippen molar-refractivity contribution in [2.75, 3.05) is 20.7 Å². The van der Waals surface area contributed by atoms with Gasteiger partial charge in [-0.2, -0.15) is 0 Å². The van der Waals surface area contributed by atoms with Crippen LogP contribution in [0.3, 0.4) is 0 Å². The lowest BCUT2D eigenvalue weighted by Gasteiger charge is -2.15. The monoisotopic (exact) mass is 319 g/mol. The number of carbonyl (C=O) groups is 2. The highest BCUT2D eigenvalue weighted by Crippen LogP contribution is 2.24. The van der Waals surface area contributed by atoms with Crippen molar-refractivity contribution in [2.45, 2.75) is 24.7 Å². The fraction of sp³-hybridized carbons (Fsp3) is 0.500. The van der Waals surface area contributed by atoms with Crippen LogP contribution in [0.5, 0.6) is 0 Å². The number of aryl methyl sites for hydroxylation is 1. The maximum atomic E-state index is 12.4. The van der Waals surface area contributed by atoms with Gasteiger partial charge in [-0.05, 0) is 0 Å². The quantitative estimate of drug-likeness (QED) is 0.736. The average Bonchev–Trinajstić information content (AvgIpc) is 2.88. The van der Waals surface area contributed by atoms with Crippen molar-refractivity contribution in [1.82, 2.24) is 4.31 Å². The molecule has 0 aromatic carbocycles. The van der Waals surface area contributed by atoms with E-state index in [4.69, 9.17) is 9.52 Å². The van der Waals surface area contributed by atoms with E-state index in [-0.39, 0.29) is 35.8 Å². The topological polar surface area (TPSA) is 114 Å². The van der Waals surface area contributed by atoms with Crippen molar-refractivity contribution in [3.63, 3.8) is 0 Å². The molecule has 0 atom stereocenters. The molecule has 21 heavy (non-hydrogen) atoms. The van der Waals surface area contributed by atoms with E-state index < -0.39 is 22.0 Å². The first-order chi connectivity index (χ1) is 9.73. The molecule has 1 aromatic heterocycles. The van der Waals surface area contributed by atoms with Gasteiger partial charge in [0.2, 0.25) is 15.8 Å². The van der Waals surface area contributed by atoms with Crippen molar-refractivity contribution in [3.05, 3.63) is 17.6 Å². The number of sulfonamides is 1. The van der Waals surface area contributed by atoms with Gasteiger partial charge in [-0.15, -0.1) is 0 Å². The zero-order chi connectivity index (χ0) is 16.2. The summed E-state index contributed by atoms with van der Waals surface area (Å²) in [6.45, 7) is 1.50. The van der Waals surface area contributed by atoms with E-state index in [1.54, 1.807) is 6.92 Å². The Morgan fingerprint density at radius 1 is 1.43 bits per heavy atom. The fourth-order valence-corrected chi connectivity index (χ4v) is 3.02. The Labute approximate surface area is 122 Å². The molecule has 8 nitrogen and oxygen atoms in total. The summed E-state index contributed by atoms with van der Waals surface area (Å²) >= 11 is 0. The summed E-state index contributed by atoms with van der Waals surface area (Å²) in [6, 6.07) is 1.09. The summed E-state index contributed by atoms with van der Waals surface area (Å²) in [4.78, 5) is 21.8. The molecule has 9 heteroatoms. The molecule has 118 valence electrons. The average molecular weight is 319 g/mol. The SMILES string of the molecule is CCc1oc(C(=O)OC)cc1S(=O)(=O)N(C)CCC(=O)O. The number of carbonyl (C=O) groups excluding carboxylic acids is 1. The molecule has 1 aromatic rings. The van der Waals surface area contributed by atoms with Crippen LogP contribution in [0.25, 0.3) is 0 Å². The predicted octanol–water partition coefficient (Wildman–Crippen LogP) is 0.724. The van der Waals surface area contributed by atoms with Crippen LogP contribution in [0, 0.1) is 0 Å². The minimum Gasteiger partial charge on any atom is -0.481 e. The lowest BCUT2D eigenvalue weighted by Crippen LogP contribution is -2.29. The van der Waals surface area contributed by atoms with Crippen LogP contribution in [-0.2, 0) is 26.0 Å². The molecular formula is C12H17NO7S. The van der Waals surface area contributed by atoms with Crippen molar-refractivity contribution < 1.29 is 32.3 Å². The largest absolute Gasteiger partial charge is 0.481 e. The van der Waals surface area contributed by atoms with Gasteiger partial charge < -0.3 is 14.3 Å². The number of furan rings is 1. The maximum absolute atomic E-state index is 12.4. The number of carboxylic acid groups (broad SMARTS) is 1. The minimum absolute atomic E-state index is 0.123. The van der Waals surface area contributed by atoms with E-state index in [0.29, 0.717) is 0 Å². The number of rotatable bonds is 7. The lowest BCUT2D eigenvalue weighted by atomic mass is 10.3. The van der Waals surface area contributed by atoms with Gasteiger partial charge in [0.05, 0.1) is 13.5 Å². The number of esters is 1. The second kappa shape index (κ2) is 6.72. The first kappa shape index (κ1) is 17.2. The van der Waals surface area contributed by atoms with Crippen LogP contribution in [0.4, 0.5) is 0 Å². The number of hydrogen-bond donors (Lipinski definition) is 1. The van der Waals surface area contributed by atoms with E-state index in [0.717, 1.165) is 17.5 Å². The Morgan fingerprint density at radius 2 is 2.05 bits per heavy atom. The fourth-order valence-electron chi connectivity index (χ4n) is 1.62. The summed E-state index contributed by atoms with van der Waals surface area (Å²) in [5.74, 6) is -1.97. The second-order valence-electron chi connectivity index (χ2n) is 4.21. The van der Waals surface area contributed by atoms with Crippen LogP contribution < -0.4 is 0 Å². The van der Waals surface area contributed by atoms with Crippen molar-refractivity contribution >= 4 is 22.0 Å². The molecule has 0 saturated carbocycles. The molecule has 0 radical (unpaired) electrons.